The minimum Gasteiger partial charge on any atom is -0.340 e. The molecule has 0 radical (unpaired) electrons. The molecule has 2 aliphatic rings. The first-order valence-electron chi connectivity index (χ1n) is 12.4. The number of fused-ring (bicyclic) bond motifs is 1. The molecule has 194 valence electrons. The predicted molar refractivity (Wildman–Crippen MR) is 146 cm³/mol. The Bertz CT molecular complexity index is 1370. The summed E-state index contributed by atoms with van der Waals surface area (Å²) in [6.07, 6.45) is 1.61. The van der Waals surface area contributed by atoms with Gasteiger partial charge in [-0.2, -0.15) is 0 Å². The van der Waals surface area contributed by atoms with Crippen molar-refractivity contribution in [1.29, 1.82) is 0 Å². The van der Waals surface area contributed by atoms with Gasteiger partial charge < -0.3 is 20.0 Å². The summed E-state index contributed by atoms with van der Waals surface area (Å²) in [6.45, 7) is 3.64. The Morgan fingerprint density at radius 2 is 1.59 bits per heavy atom. The number of carbonyl (C=O) groups is 1. The fraction of sp³-hybridized carbons (Fsp3) is 0.333. The maximum atomic E-state index is 12.9. The summed E-state index contributed by atoms with van der Waals surface area (Å²) in [5.41, 5.74) is 2.32. The first kappa shape index (κ1) is 25.2. The van der Waals surface area contributed by atoms with Crippen molar-refractivity contribution in [2.75, 3.05) is 42.3 Å². The Kier molecular flexibility index (Phi) is 6.89. The molecule has 2 N–H and O–H groups in total. The van der Waals surface area contributed by atoms with Gasteiger partial charge in [-0.05, 0) is 88.4 Å². The van der Waals surface area contributed by atoms with E-state index in [1.165, 1.54) is 0 Å². The largest absolute Gasteiger partial charge is 0.340 e. The summed E-state index contributed by atoms with van der Waals surface area (Å²) in [5, 5.41) is 3.27. The summed E-state index contributed by atoms with van der Waals surface area (Å²) in [4.78, 5) is 23.7. The van der Waals surface area contributed by atoms with Crippen LogP contribution in [-0.2, 0) is 14.8 Å². The summed E-state index contributed by atoms with van der Waals surface area (Å²) in [6, 6.07) is 19.6. The van der Waals surface area contributed by atoms with E-state index in [2.05, 4.69) is 14.9 Å². The number of aromatic nitrogens is 1. The number of pyridine rings is 1. The fourth-order valence-corrected chi connectivity index (χ4v) is 6.16. The molecule has 1 unspecified atom stereocenters. The number of amides is 1. The van der Waals surface area contributed by atoms with Crippen LogP contribution in [0.5, 0.6) is 0 Å². The van der Waals surface area contributed by atoms with Crippen LogP contribution >= 0.6 is 0 Å². The Morgan fingerprint density at radius 1 is 0.919 bits per heavy atom. The number of nitrogens with one attached hydrogen (secondary N) is 2. The highest BCUT2D eigenvalue weighted by Gasteiger charge is 2.35. The predicted octanol–water partition coefficient (Wildman–Crippen LogP) is 3.70. The van der Waals surface area contributed by atoms with E-state index in [0.29, 0.717) is 17.3 Å². The lowest BCUT2D eigenvalue weighted by Crippen LogP contribution is -2.49. The molecule has 10 heteroatoms. The molecule has 1 saturated heterocycles. The zero-order chi connectivity index (χ0) is 26.2. The van der Waals surface area contributed by atoms with Crippen LogP contribution in [0.25, 0.3) is 0 Å². The van der Waals surface area contributed by atoms with Gasteiger partial charge in [0.05, 0.1) is 10.6 Å². The van der Waals surface area contributed by atoms with E-state index in [-0.39, 0.29) is 16.8 Å². The highest BCUT2D eigenvalue weighted by Crippen LogP contribution is 2.39. The summed E-state index contributed by atoms with van der Waals surface area (Å²) >= 11 is 0. The van der Waals surface area contributed by atoms with Gasteiger partial charge in [-0.15, -0.1) is 0 Å². The second kappa shape index (κ2) is 10.1. The van der Waals surface area contributed by atoms with Crippen molar-refractivity contribution in [3.63, 3.8) is 0 Å². The van der Waals surface area contributed by atoms with Crippen LogP contribution in [0.1, 0.15) is 19.8 Å². The van der Waals surface area contributed by atoms with Gasteiger partial charge in [0.25, 0.3) is 0 Å². The zero-order valence-corrected chi connectivity index (χ0v) is 22.1. The third-order valence-corrected chi connectivity index (χ3v) is 8.57. The quantitative estimate of drug-likeness (QED) is 0.511. The minimum atomic E-state index is -3.59. The number of anilines is 5. The van der Waals surface area contributed by atoms with Gasteiger partial charge in [0.2, 0.25) is 15.9 Å². The number of benzene rings is 2. The summed E-state index contributed by atoms with van der Waals surface area (Å²) in [7, 11) is 0.214. The van der Waals surface area contributed by atoms with E-state index in [1.54, 1.807) is 36.2 Å². The molecule has 1 aromatic heterocycles. The van der Waals surface area contributed by atoms with E-state index in [1.807, 2.05) is 61.3 Å². The Hall–Kier alpha value is -3.47. The first-order chi connectivity index (χ1) is 17.7. The first-order valence-corrected chi connectivity index (χ1v) is 13.9. The lowest BCUT2D eigenvalue weighted by molar-refractivity contribution is -0.119. The number of piperidine rings is 1. The van der Waals surface area contributed by atoms with Crippen LogP contribution < -0.4 is 19.8 Å². The fourth-order valence-electron chi connectivity index (χ4n) is 4.86. The second-order valence-corrected chi connectivity index (χ2v) is 11.4. The van der Waals surface area contributed by atoms with Crippen molar-refractivity contribution < 1.29 is 13.2 Å². The molecular weight excluding hydrogens is 488 g/mol. The number of nitrogens with zero attached hydrogens (tertiary/aromatic N) is 4. The molecule has 2 aromatic carbocycles. The van der Waals surface area contributed by atoms with Crippen LogP contribution in [0.3, 0.4) is 0 Å². The number of rotatable bonds is 6. The summed E-state index contributed by atoms with van der Waals surface area (Å²) in [5.74, 6) is 1.26. The van der Waals surface area contributed by atoms with Crippen molar-refractivity contribution in [3.8, 4) is 0 Å². The molecule has 1 amide bonds. The highest BCUT2D eigenvalue weighted by atomic mass is 32.2. The Morgan fingerprint density at radius 3 is 2.27 bits per heavy atom. The molecule has 1 atom stereocenters. The van der Waals surface area contributed by atoms with Gasteiger partial charge in [0.15, 0.2) is 5.82 Å². The normalized spacial score (nSPS) is 19.1. The van der Waals surface area contributed by atoms with Crippen molar-refractivity contribution in [3.05, 3.63) is 66.7 Å². The highest BCUT2D eigenvalue weighted by molar-refractivity contribution is 7.89. The van der Waals surface area contributed by atoms with E-state index >= 15 is 0 Å². The Balaban J connectivity index is 1.36. The number of hydrogen-bond donors (Lipinski definition) is 2. The van der Waals surface area contributed by atoms with Gasteiger partial charge in [0, 0.05) is 24.5 Å². The molecule has 1 fully saturated rings. The average molecular weight is 521 g/mol. The molecule has 3 heterocycles. The molecule has 5 rings (SSSR count). The molecule has 0 aliphatic carbocycles. The maximum absolute atomic E-state index is 12.9. The molecule has 37 heavy (non-hydrogen) atoms. The second-order valence-electron chi connectivity index (χ2n) is 9.67. The number of likely N-dealkylation sites (tertiary alicyclic amines) is 1. The van der Waals surface area contributed by atoms with Crippen molar-refractivity contribution in [2.45, 2.75) is 36.7 Å². The smallest absolute Gasteiger partial charge is 0.249 e. The zero-order valence-electron chi connectivity index (χ0n) is 21.3. The van der Waals surface area contributed by atoms with E-state index in [4.69, 9.17) is 4.98 Å². The number of likely N-dealkylation sites (N-methyl/N-ethyl adjacent to an activating group) is 1. The number of hydrogen-bond acceptors (Lipinski definition) is 7. The molecular formula is C27H32N6O3S. The van der Waals surface area contributed by atoms with Gasteiger partial charge in [-0.3, -0.25) is 4.79 Å². The van der Waals surface area contributed by atoms with E-state index < -0.39 is 16.1 Å². The van der Waals surface area contributed by atoms with Crippen LogP contribution in [-0.4, -0.2) is 63.5 Å². The molecule has 0 spiro atoms. The topological polar surface area (TPSA) is 97.9 Å². The van der Waals surface area contributed by atoms with Gasteiger partial charge >= 0.3 is 0 Å². The third-order valence-electron chi connectivity index (χ3n) is 7.03. The van der Waals surface area contributed by atoms with Crippen LogP contribution in [0.2, 0.25) is 0 Å². The molecule has 9 nitrogen and oxygen atoms in total. The molecule has 0 saturated carbocycles. The SMILES string of the molecule is CC1C(=O)N(C)c2ccc(Nc3ccc(S(=O)(=O)NC4CCN(C)CC4)cc3)nc2N1c1ccccc1. The van der Waals surface area contributed by atoms with E-state index in [0.717, 1.165) is 37.3 Å². The molecule has 0 bridgehead atoms. The third kappa shape index (κ3) is 5.18. The van der Waals surface area contributed by atoms with Crippen molar-refractivity contribution in [2.24, 2.45) is 0 Å². The number of carbonyl (C=O) groups excluding carboxylic acids is 1. The van der Waals surface area contributed by atoms with Crippen molar-refractivity contribution >= 4 is 44.6 Å². The summed E-state index contributed by atoms with van der Waals surface area (Å²) < 4.78 is 28.6. The molecule has 2 aliphatic heterocycles. The van der Waals surface area contributed by atoms with Crippen LogP contribution in [0, 0.1) is 0 Å². The lowest BCUT2D eigenvalue weighted by atomic mass is 10.1. The van der Waals surface area contributed by atoms with Crippen LogP contribution in [0.15, 0.2) is 71.6 Å². The average Bonchev–Trinajstić information content (AvgIpc) is 2.90. The number of para-hydroxylation sites is 1. The standard InChI is InChI=1S/C27H32N6O3S/c1-19-27(34)32(3)24-13-14-25(29-26(24)33(19)22-7-5-4-6-8-22)28-20-9-11-23(12-10-20)37(35,36)30-21-15-17-31(2)18-16-21/h4-14,19,21,30H,15-18H2,1-3H3,(H,28,29). The number of sulfonamides is 1. The van der Waals surface area contributed by atoms with Gasteiger partial charge in [-0.25, -0.2) is 18.1 Å². The lowest BCUT2D eigenvalue weighted by Gasteiger charge is -2.39. The van der Waals surface area contributed by atoms with Gasteiger partial charge in [0.1, 0.15) is 11.9 Å². The van der Waals surface area contributed by atoms with Crippen LogP contribution in [0.4, 0.5) is 28.7 Å². The van der Waals surface area contributed by atoms with Crippen molar-refractivity contribution in [1.82, 2.24) is 14.6 Å². The minimum absolute atomic E-state index is 0.00971. The monoisotopic (exact) mass is 520 g/mol. The van der Waals surface area contributed by atoms with E-state index in [9.17, 15) is 13.2 Å². The van der Waals surface area contributed by atoms with Gasteiger partial charge in [-0.1, -0.05) is 18.2 Å². The maximum Gasteiger partial charge on any atom is 0.249 e. The molecule has 3 aromatic rings. The Labute approximate surface area is 218 Å².